The molecular formula is C6H11BO. The summed E-state index contributed by atoms with van der Waals surface area (Å²) in [6, 6.07) is 0. The maximum atomic E-state index is 5.43. The van der Waals surface area contributed by atoms with Crippen molar-refractivity contribution in [2.75, 3.05) is 7.11 Å². The Morgan fingerprint density at radius 1 is 1.75 bits per heavy atom. The number of allylic oxidation sites excluding steroid dienone is 1. The van der Waals surface area contributed by atoms with E-state index in [9.17, 15) is 0 Å². The van der Waals surface area contributed by atoms with Gasteiger partial charge in [0.05, 0.1) is 13.4 Å². The molecule has 0 aliphatic carbocycles. The SMILES string of the molecule is [B]/C(=C/OC)CCC. The van der Waals surface area contributed by atoms with Crippen LogP contribution in [0.3, 0.4) is 0 Å². The van der Waals surface area contributed by atoms with Gasteiger partial charge in [-0.05, 0) is 6.42 Å². The first-order valence-electron chi connectivity index (χ1n) is 2.78. The predicted octanol–water partition coefficient (Wildman–Crippen LogP) is 1.44. The van der Waals surface area contributed by atoms with Crippen molar-refractivity contribution in [2.45, 2.75) is 19.8 Å². The molecule has 0 saturated carbocycles. The summed E-state index contributed by atoms with van der Waals surface area (Å²) < 4.78 is 4.67. The minimum atomic E-state index is 0.815. The van der Waals surface area contributed by atoms with Crippen molar-refractivity contribution < 1.29 is 4.74 Å². The molecule has 0 aromatic heterocycles. The van der Waals surface area contributed by atoms with E-state index in [1.165, 1.54) is 0 Å². The monoisotopic (exact) mass is 110 g/mol. The molecular weight excluding hydrogens is 98.9 g/mol. The maximum Gasteiger partial charge on any atom is 0.112 e. The number of rotatable bonds is 3. The third kappa shape index (κ3) is 3.78. The highest BCUT2D eigenvalue weighted by molar-refractivity contribution is 6.21. The van der Waals surface area contributed by atoms with E-state index in [4.69, 9.17) is 7.85 Å². The smallest absolute Gasteiger partial charge is 0.112 e. The lowest BCUT2D eigenvalue weighted by molar-refractivity contribution is 0.335. The Balaban J connectivity index is 3.29. The van der Waals surface area contributed by atoms with Crippen LogP contribution in [0.2, 0.25) is 0 Å². The zero-order chi connectivity index (χ0) is 6.41. The largest absolute Gasteiger partial charge is 0.505 e. The van der Waals surface area contributed by atoms with Gasteiger partial charge >= 0.3 is 0 Å². The molecule has 0 unspecified atom stereocenters. The van der Waals surface area contributed by atoms with Crippen LogP contribution in [0, 0.1) is 0 Å². The van der Waals surface area contributed by atoms with E-state index >= 15 is 0 Å². The Bertz CT molecular complexity index is 78.6. The molecule has 0 spiro atoms. The Labute approximate surface area is 52.1 Å². The van der Waals surface area contributed by atoms with Gasteiger partial charge in [0.15, 0.2) is 0 Å². The molecule has 0 aliphatic rings. The third-order valence-electron chi connectivity index (χ3n) is 0.808. The fourth-order valence-corrected chi connectivity index (χ4v) is 0.499. The second-order valence-corrected chi connectivity index (χ2v) is 1.68. The van der Waals surface area contributed by atoms with Crippen LogP contribution in [0.1, 0.15) is 19.8 Å². The summed E-state index contributed by atoms with van der Waals surface area (Å²) in [6.45, 7) is 2.08. The van der Waals surface area contributed by atoms with Crippen molar-refractivity contribution in [3.8, 4) is 0 Å². The predicted molar refractivity (Wildman–Crippen MR) is 35.8 cm³/mol. The molecule has 0 aromatic carbocycles. The zero-order valence-electron chi connectivity index (χ0n) is 5.48. The lowest BCUT2D eigenvalue weighted by Gasteiger charge is -1.94. The fraction of sp³-hybridized carbons (Fsp3) is 0.667. The number of ether oxygens (including phenoxy) is 1. The first kappa shape index (κ1) is 7.60. The number of hydrogen-bond acceptors (Lipinski definition) is 1. The molecule has 1 nitrogen and oxygen atoms in total. The second kappa shape index (κ2) is 4.76. The number of hydrogen-bond donors (Lipinski definition) is 0. The molecule has 0 fully saturated rings. The van der Waals surface area contributed by atoms with Crippen LogP contribution in [0.15, 0.2) is 11.7 Å². The molecule has 0 saturated heterocycles. The first-order valence-corrected chi connectivity index (χ1v) is 2.78. The fourth-order valence-electron chi connectivity index (χ4n) is 0.499. The van der Waals surface area contributed by atoms with Crippen LogP contribution >= 0.6 is 0 Å². The average molecular weight is 110 g/mol. The van der Waals surface area contributed by atoms with Gasteiger partial charge in [-0.1, -0.05) is 18.8 Å². The molecule has 0 N–H and O–H groups in total. The summed E-state index contributed by atoms with van der Waals surface area (Å²) >= 11 is 0. The Morgan fingerprint density at radius 3 is 2.75 bits per heavy atom. The summed E-state index contributed by atoms with van der Waals surface area (Å²) in [5.74, 6) is 0. The van der Waals surface area contributed by atoms with Gasteiger partial charge in [0, 0.05) is 0 Å². The molecule has 0 aromatic rings. The van der Waals surface area contributed by atoms with Gasteiger partial charge in [0.2, 0.25) is 0 Å². The summed E-state index contributed by atoms with van der Waals surface area (Å²) in [5, 5.41) is 0. The van der Waals surface area contributed by atoms with Crippen molar-refractivity contribution in [1.82, 2.24) is 0 Å². The lowest BCUT2D eigenvalue weighted by atomic mass is 9.93. The average Bonchev–Trinajstić information content (AvgIpc) is 1.68. The Kier molecular flexibility index (Phi) is 4.52. The van der Waals surface area contributed by atoms with E-state index in [0.29, 0.717) is 0 Å². The zero-order valence-corrected chi connectivity index (χ0v) is 5.48. The summed E-state index contributed by atoms with van der Waals surface area (Å²) in [5.41, 5.74) is 0.815. The van der Waals surface area contributed by atoms with E-state index in [1.807, 2.05) is 0 Å². The van der Waals surface area contributed by atoms with Crippen molar-refractivity contribution in [3.63, 3.8) is 0 Å². The van der Waals surface area contributed by atoms with E-state index in [1.54, 1.807) is 13.4 Å². The van der Waals surface area contributed by atoms with Crippen molar-refractivity contribution >= 4 is 7.85 Å². The van der Waals surface area contributed by atoms with Crippen LogP contribution < -0.4 is 0 Å². The van der Waals surface area contributed by atoms with E-state index in [-0.39, 0.29) is 0 Å². The minimum Gasteiger partial charge on any atom is -0.505 e. The van der Waals surface area contributed by atoms with Crippen LogP contribution in [-0.4, -0.2) is 15.0 Å². The highest BCUT2D eigenvalue weighted by Crippen LogP contribution is 1.97. The molecule has 8 heavy (non-hydrogen) atoms. The lowest BCUT2D eigenvalue weighted by Crippen LogP contribution is -1.81. The van der Waals surface area contributed by atoms with Gasteiger partial charge in [0.1, 0.15) is 7.85 Å². The summed E-state index contributed by atoms with van der Waals surface area (Å²) in [6.07, 6.45) is 3.57. The topological polar surface area (TPSA) is 9.23 Å². The molecule has 0 bridgehead atoms. The standard InChI is InChI=1S/C6H11BO/c1-3-4-6(7)5-8-2/h5H,3-4H2,1-2H3/b6-5+. The minimum absolute atomic E-state index is 0.815. The molecule has 0 rings (SSSR count). The molecule has 0 amide bonds. The molecule has 0 atom stereocenters. The quantitative estimate of drug-likeness (QED) is 0.394. The highest BCUT2D eigenvalue weighted by atomic mass is 16.5. The molecule has 0 aliphatic heterocycles. The maximum absolute atomic E-state index is 5.43. The van der Waals surface area contributed by atoms with Gasteiger partial charge < -0.3 is 4.74 Å². The van der Waals surface area contributed by atoms with Crippen molar-refractivity contribution in [3.05, 3.63) is 11.7 Å². The van der Waals surface area contributed by atoms with Crippen LogP contribution in [0.25, 0.3) is 0 Å². The molecule has 2 heteroatoms. The van der Waals surface area contributed by atoms with Gasteiger partial charge in [-0.25, -0.2) is 0 Å². The van der Waals surface area contributed by atoms with E-state index in [0.717, 1.165) is 18.3 Å². The van der Waals surface area contributed by atoms with Crippen LogP contribution in [0.5, 0.6) is 0 Å². The van der Waals surface area contributed by atoms with E-state index < -0.39 is 0 Å². The molecule has 2 radical (unpaired) electrons. The third-order valence-corrected chi connectivity index (χ3v) is 0.808. The van der Waals surface area contributed by atoms with Gasteiger partial charge in [-0.2, -0.15) is 0 Å². The summed E-state index contributed by atoms with van der Waals surface area (Å²) in [7, 11) is 7.03. The molecule has 0 heterocycles. The van der Waals surface area contributed by atoms with Gasteiger partial charge in [-0.15, -0.1) is 0 Å². The first-order chi connectivity index (χ1) is 3.81. The Hall–Kier alpha value is -0.395. The Morgan fingerprint density at radius 2 is 2.38 bits per heavy atom. The van der Waals surface area contributed by atoms with Crippen LogP contribution in [-0.2, 0) is 4.74 Å². The summed E-state index contributed by atoms with van der Waals surface area (Å²) in [4.78, 5) is 0. The van der Waals surface area contributed by atoms with E-state index in [2.05, 4.69) is 11.7 Å². The highest BCUT2D eigenvalue weighted by Gasteiger charge is 1.82. The van der Waals surface area contributed by atoms with Crippen molar-refractivity contribution in [2.24, 2.45) is 0 Å². The van der Waals surface area contributed by atoms with Crippen LogP contribution in [0.4, 0.5) is 0 Å². The van der Waals surface area contributed by atoms with Gasteiger partial charge in [-0.3, -0.25) is 0 Å². The normalized spacial score (nSPS) is 11.5. The van der Waals surface area contributed by atoms with Crippen molar-refractivity contribution in [1.29, 1.82) is 0 Å². The van der Waals surface area contributed by atoms with Gasteiger partial charge in [0.25, 0.3) is 0 Å². The number of methoxy groups -OCH3 is 1. The second-order valence-electron chi connectivity index (χ2n) is 1.68. The molecule has 44 valence electrons.